The number of hydrogen-bond donors (Lipinski definition) is 2. The fourth-order valence-corrected chi connectivity index (χ4v) is 2.33. The second-order valence-corrected chi connectivity index (χ2v) is 5.33. The zero-order chi connectivity index (χ0) is 15.4. The summed E-state index contributed by atoms with van der Waals surface area (Å²) in [5, 5.41) is 6.66. The van der Waals surface area contributed by atoms with Crippen molar-refractivity contribution in [1.29, 1.82) is 0 Å². The Morgan fingerprint density at radius 2 is 1.96 bits per heavy atom. The molecule has 0 aliphatic carbocycles. The third-order valence-corrected chi connectivity index (χ3v) is 3.74. The van der Waals surface area contributed by atoms with E-state index in [1.165, 1.54) is 0 Å². The molecule has 23 heavy (non-hydrogen) atoms. The van der Waals surface area contributed by atoms with Crippen LogP contribution in [0, 0.1) is 0 Å². The van der Waals surface area contributed by atoms with Gasteiger partial charge < -0.3 is 20.3 Å². The second-order valence-electron chi connectivity index (χ2n) is 5.33. The van der Waals surface area contributed by atoms with Gasteiger partial charge in [0.15, 0.2) is 0 Å². The highest BCUT2D eigenvalue weighted by Gasteiger charge is 2.35. The van der Waals surface area contributed by atoms with E-state index in [0.717, 1.165) is 5.56 Å². The Labute approximate surface area is 140 Å². The maximum absolute atomic E-state index is 12.2. The SMILES string of the molecule is Cl.NC1(C(=O)NCc2nc(-c3ccccc3)no2)CCOCC1. The van der Waals surface area contributed by atoms with Crippen LogP contribution in [0.25, 0.3) is 11.4 Å². The molecular weight excluding hydrogens is 320 g/mol. The van der Waals surface area contributed by atoms with Crippen molar-refractivity contribution in [2.45, 2.75) is 24.9 Å². The number of ether oxygens (including phenoxy) is 1. The molecule has 0 atom stereocenters. The fraction of sp³-hybridized carbons (Fsp3) is 0.400. The van der Waals surface area contributed by atoms with Crippen molar-refractivity contribution in [2.24, 2.45) is 5.73 Å². The Balaban J connectivity index is 0.00000192. The first-order valence-corrected chi connectivity index (χ1v) is 7.20. The molecular formula is C15H19ClN4O3. The maximum Gasteiger partial charge on any atom is 0.246 e. The fourth-order valence-electron chi connectivity index (χ4n) is 2.33. The van der Waals surface area contributed by atoms with Crippen LogP contribution in [0.2, 0.25) is 0 Å². The molecule has 1 amide bonds. The Morgan fingerprint density at radius 3 is 2.65 bits per heavy atom. The molecule has 1 saturated heterocycles. The Bertz CT molecular complexity index is 641. The molecule has 1 fully saturated rings. The zero-order valence-corrected chi connectivity index (χ0v) is 13.3. The largest absolute Gasteiger partial charge is 0.381 e. The molecule has 2 heterocycles. The minimum absolute atomic E-state index is 0. The molecule has 1 aromatic heterocycles. The summed E-state index contributed by atoms with van der Waals surface area (Å²) in [4.78, 5) is 16.5. The number of hydrogen-bond acceptors (Lipinski definition) is 6. The second kappa shape index (κ2) is 7.54. The number of aromatic nitrogens is 2. The van der Waals surface area contributed by atoms with E-state index in [4.69, 9.17) is 15.0 Å². The van der Waals surface area contributed by atoms with Crippen molar-refractivity contribution in [3.8, 4) is 11.4 Å². The molecule has 1 aromatic carbocycles. The van der Waals surface area contributed by atoms with E-state index >= 15 is 0 Å². The number of halogens is 1. The topological polar surface area (TPSA) is 103 Å². The Kier molecular flexibility index (Phi) is 5.70. The molecule has 3 rings (SSSR count). The van der Waals surface area contributed by atoms with Gasteiger partial charge in [-0.1, -0.05) is 35.5 Å². The van der Waals surface area contributed by atoms with E-state index in [2.05, 4.69) is 15.5 Å². The summed E-state index contributed by atoms with van der Waals surface area (Å²) in [6.45, 7) is 1.17. The summed E-state index contributed by atoms with van der Waals surface area (Å²) in [6.07, 6.45) is 1.02. The van der Waals surface area contributed by atoms with Crippen molar-refractivity contribution in [3.63, 3.8) is 0 Å². The summed E-state index contributed by atoms with van der Waals surface area (Å²) in [5.41, 5.74) is 6.09. The van der Waals surface area contributed by atoms with Crippen molar-refractivity contribution < 1.29 is 14.1 Å². The van der Waals surface area contributed by atoms with E-state index in [9.17, 15) is 4.79 Å². The minimum Gasteiger partial charge on any atom is -0.381 e. The van der Waals surface area contributed by atoms with Crippen molar-refractivity contribution in [2.75, 3.05) is 13.2 Å². The minimum atomic E-state index is -0.874. The van der Waals surface area contributed by atoms with Gasteiger partial charge in [-0.25, -0.2) is 0 Å². The average Bonchev–Trinajstić information content (AvgIpc) is 3.03. The van der Waals surface area contributed by atoms with Gasteiger partial charge in [0.25, 0.3) is 0 Å². The quantitative estimate of drug-likeness (QED) is 0.870. The van der Waals surface area contributed by atoms with E-state index < -0.39 is 5.54 Å². The third-order valence-electron chi connectivity index (χ3n) is 3.74. The third kappa shape index (κ3) is 4.07. The highest BCUT2D eigenvalue weighted by atomic mass is 35.5. The number of amides is 1. The normalized spacial score (nSPS) is 16.4. The van der Waals surface area contributed by atoms with Gasteiger partial charge in [0.05, 0.1) is 12.1 Å². The van der Waals surface area contributed by atoms with Gasteiger partial charge in [0, 0.05) is 18.8 Å². The van der Waals surface area contributed by atoms with Crippen LogP contribution in [-0.2, 0) is 16.1 Å². The van der Waals surface area contributed by atoms with Crippen molar-refractivity contribution >= 4 is 18.3 Å². The standard InChI is InChI=1S/C15H18N4O3.ClH/c16-15(6-8-21-9-7-15)14(20)17-10-12-18-13(19-22-12)11-4-2-1-3-5-11;/h1-5H,6-10,16H2,(H,17,20);1H. The summed E-state index contributed by atoms with van der Waals surface area (Å²) in [6, 6.07) is 9.50. The molecule has 7 nitrogen and oxygen atoms in total. The predicted molar refractivity (Wildman–Crippen MR) is 85.8 cm³/mol. The van der Waals surface area contributed by atoms with Crippen molar-refractivity contribution in [3.05, 3.63) is 36.2 Å². The highest BCUT2D eigenvalue weighted by molar-refractivity contribution is 5.86. The summed E-state index contributed by atoms with van der Waals surface area (Å²) in [5.74, 6) is 0.636. The Hall–Kier alpha value is -1.96. The van der Waals surface area contributed by atoms with E-state index in [1.807, 2.05) is 30.3 Å². The smallest absolute Gasteiger partial charge is 0.246 e. The number of carbonyl (C=O) groups excluding carboxylic acids is 1. The lowest BCUT2D eigenvalue weighted by atomic mass is 9.90. The Morgan fingerprint density at radius 1 is 1.26 bits per heavy atom. The number of nitrogens with one attached hydrogen (secondary N) is 1. The molecule has 124 valence electrons. The zero-order valence-electron chi connectivity index (χ0n) is 12.5. The lowest BCUT2D eigenvalue weighted by Crippen LogP contribution is -2.56. The first-order valence-electron chi connectivity index (χ1n) is 7.20. The van der Waals surface area contributed by atoms with Gasteiger partial charge in [0.1, 0.15) is 0 Å². The average molecular weight is 339 g/mol. The van der Waals surface area contributed by atoms with Gasteiger partial charge in [-0.2, -0.15) is 4.98 Å². The molecule has 0 saturated carbocycles. The van der Waals surface area contributed by atoms with Crippen LogP contribution >= 0.6 is 12.4 Å². The van der Waals surface area contributed by atoms with Gasteiger partial charge in [-0.15, -0.1) is 12.4 Å². The lowest BCUT2D eigenvalue weighted by molar-refractivity contribution is -0.130. The predicted octanol–water partition coefficient (Wildman–Crippen LogP) is 1.28. The molecule has 0 unspecified atom stereocenters. The number of carbonyl (C=O) groups is 1. The van der Waals surface area contributed by atoms with Crippen LogP contribution in [0.3, 0.4) is 0 Å². The molecule has 0 radical (unpaired) electrons. The van der Waals surface area contributed by atoms with Crippen LogP contribution in [-0.4, -0.2) is 34.8 Å². The monoisotopic (exact) mass is 338 g/mol. The van der Waals surface area contributed by atoms with Crippen LogP contribution < -0.4 is 11.1 Å². The lowest BCUT2D eigenvalue weighted by Gasteiger charge is -2.31. The molecule has 2 aromatic rings. The van der Waals surface area contributed by atoms with Crippen LogP contribution in [0.5, 0.6) is 0 Å². The summed E-state index contributed by atoms with van der Waals surface area (Å²) < 4.78 is 10.4. The van der Waals surface area contributed by atoms with E-state index in [1.54, 1.807) is 0 Å². The van der Waals surface area contributed by atoms with Gasteiger partial charge in [0.2, 0.25) is 17.6 Å². The van der Waals surface area contributed by atoms with Gasteiger partial charge in [-0.3, -0.25) is 4.79 Å². The first kappa shape index (κ1) is 17.4. The molecule has 8 heteroatoms. The molecule has 3 N–H and O–H groups in total. The molecule has 1 aliphatic heterocycles. The van der Waals surface area contributed by atoms with E-state index in [0.29, 0.717) is 37.8 Å². The molecule has 1 aliphatic rings. The van der Waals surface area contributed by atoms with Crippen LogP contribution in [0.1, 0.15) is 18.7 Å². The molecule has 0 spiro atoms. The van der Waals surface area contributed by atoms with E-state index in [-0.39, 0.29) is 24.9 Å². The number of rotatable bonds is 4. The highest BCUT2D eigenvalue weighted by Crippen LogP contribution is 2.18. The summed E-state index contributed by atoms with van der Waals surface area (Å²) in [7, 11) is 0. The summed E-state index contributed by atoms with van der Waals surface area (Å²) >= 11 is 0. The van der Waals surface area contributed by atoms with Crippen molar-refractivity contribution in [1.82, 2.24) is 15.5 Å². The van der Waals surface area contributed by atoms with Gasteiger partial charge in [-0.05, 0) is 12.8 Å². The number of nitrogens with zero attached hydrogens (tertiary/aromatic N) is 2. The van der Waals surface area contributed by atoms with Gasteiger partial charge >= 0.3 is 0 Å². The maximum atomic E-state index is 12.2. The first-order chi connectivity index (χ1) is 10.7. The number of benzene rings is 1. The van der Waals surface area contributed by atoms with Crippen LogP contribution in [0.15, 0.2) is 34.9 Å². The van der Waals surface area contributed by atoms with Crippen LogP contribution in [0.4, 0.5) is 0 Å². The molecule has 0 bridgehead atoms. The number of nitrogens with two attached hydrogens (primary N) is 1.